The van der Waals surface area contributed by atoms with Gasteiger partial charge in [0.2, 0.25) is 0 Å². The standard InChI is InChI=1S/C16H15NOS/c1-13(12-19-15-10-6-3-7-11-15)16(18)17-14-8-4-2-5-9-14/h2-12H,1H3,(H,17,18)/b13-12+. The zero-order chi connectivity index (χ0) is 13.5. The number of hydrogen-bond acceptors (Lipinski definition) is 2. The Bertz CT molecular complexity index is 564. The summed E-state index contributed by atoms with van der Waals surface area (Å²) in [5.74, 6) is -0.0744. The molecule has 0 aliphatic heterocycles. The van der Waals surface area contributed by atoms with Crippen molar-refractivity contribution in [2.45, 2.75) is 11.8 Å². The molecule has 0 atom stereocenters. The highest BCUT2D eigenvalue weighted by Gasteiger charge is 2.04. The molecule has 0 aliphatic carbocycles. The fourth-order valence-electron chi connectivity index (χ4n) is 1.46. The fourth-order valence-corrected chi connectivity index (χ4v) is 2.19. The molecule has 19 heavy (non-hydrogen) atoms. The zero-order valence-corrected chi connectivity index (χ0v) is 11.5. The number of para-hydroxylation sites is 1. The Labute approximate surface area is 117 Å². The van der Waals surface area contributed by atoms with E-state index >= 15 is 0 Å². The monoisotopic (exact) mass is 269 g/mol. The van der Waals surface area contributed by atoms with Crippen LogP contribution in [0.1, 0.15) is 6.92 Å². The summed E-state index contributed by atoms with van der Waals surface area (Å²) in [6.45, 7) is 1.81. The molecule has 2 rings (SSSR count). The van der Waals surface area contributed by atoms with Gasteiger partial charge < -0.3 is 5.32 Å². The van der Waals surface area contributed by atoms with Crippen molar-refractivity contribution in [3.05, 3.63) is 71.6 Å². The molecule has 96 valence electrons. The smallest absolute Gasteiger partial charge is 0.251 e. The first kappa shape index (κ1) is 13.4. The lowest BCUT2D eigenvalue weighted by atomic mass is 10.3. The highest BCUT2D eigenvalue weighted by Crippen LogP contribution is 2.20. The number of thioether (sulfide) groups is 1. The summed E-state index contributed by atoms with van der Waals surface area (Å²) in [4.78, 5) is 13.1. The second-order valence-corrected chi connectivity index (χ2v) is 4.99. The summed E-state index contributed by atoms with van der Waals surface area (Å²) in [6.07, 6.45) is 0. The van der Waals surface area contributed by atoms with Crippen LogP contribution in [0.15, 0.2) is 76.5 Å². The predicted molar refractivity (Wildman–Crippen MR) is 81.1 cm³/mol. The molecule has 0 saturated heterocycles. The molecule has 1 N–H and O–H groups in total. The molecule has 2 aromatic carbocycles. The van der Waals surface area contributed by atoms with E-state index < -0.39 is 0 Å². The van der Waals surface area contributed by atoms with Gasteiger partial charge in [-0.05, 0) is 36.6 Å². The number of amides is 1. The van der Waals surface area contributed by atoms with E-state index in [1.807, 2.05) is 73.0 Å². The highest BCUT2D eigenvalue weighted by molar-refractivity contribution is 8.02. The lowest BCUT2D eigenvalue weighted by Gasteiger charge is -2.05. The molecule has 0 unspecified atom stereocenters. The van der Waals surface area contributed by atoms with Crippen molar-refractivity contribution in [1.82, 2.24) is 0 Å². The Morgan fingerprint density at radius 1 is 1.00 bits per heavy atom. The van der Waals surface area contributed by atoms with E-state index in [0.29, 0.717) is 5.57 Å². The Kier molecular flexibility index (Phi) is 4.81. The molecule has 2 aromatic rings. The van der Waals surface area contributed by atoms with Crippen molar-refractivity contribution in [2.75, 3.05) is 5.32 Å². The normalized spacial score (nSPS) is 11.1. The molecule has 0 radical (unpaired) electrons. The second kappa shape index (κ2) is 6.81. The number of benzene rings is 2. The molecule has 0 aliphatic rings. The number of anilines is 1. The van der Waals surface area contributed by atoms with Gasteiger partial charge in [0.15, 0.2) is 0 Å². The molecule has 3 heteroatoms. The molecule has 0 saturated carbocycles. The number of rotatable bonds is 4. The van der Waals surface area contributed by atoms with Crippen molar-refractivity contribution < 1.29 is 4.79 Å². The molecule has 0 bridgehead atoms. The topological polar surface area (TPSA) is 29.1 Å². The van der Waals surface area contributed by atoms with Gasteiger partial charge in [-0.15, -0.1) is 0 Å². The highest BCUT2D eigenvalue weighted by atomic mass is 32.2. The number of hydrogen-bond donors (Lipinski definition) is 1. The Balaban J connectivity index is 1.95. The second-order valence-electron chi connectivity index (χ2n) is 4.05. The number of nitrogens with one attached hydrogen (secondary N) is 1. The molecule has 0 fully saturated rings. The minimum Gasteiger partial charge on any atom is -0.322 e. The SMILES string of the molecule is C/C(=C\Sc1ccccc1)C(=O)Nc1ccccc1. The van der Waals surface area contributed by atoms with E-state index in [9.17, 15) is 4.79 Å². The van der Waals surface area contributed by atoms with Crippen LogP contribution in [0.4, 0.5) is 5.69 Å². The van der Waals surface area contributed by atoms with Gasteiger partial charge in [-0.2, -0.15) is 0 Å². The van der Waals surface area contributed by atoms with Crippen LogP contribution in [0.3, 0.4) is 0 Å². The van der Waals surface area contributed by atoms with E-state index in [1.165, 1.54) is 0 Å². The maximum absolute atomic E-state index is 11.9. The summed E-state index contributed by atoms with van der Waals surface area (Å²) < 4.78 is 0. The first-order valence-electron chi connectivity index (χ1n) is 6.00. The van der Waals surface area contributed by atoms with Crippen molar-refractivity contribution >= 4 is 23.4 Å². The third-order valence-corrected chi connectivity index (χ3v) is 3.52. The van der Waals surface area contributed by atoms with E-state index in [0.717, 1.165) is 10.6 Å². The first-order chi connectivity index (χ1) is 9.25. The van der Waals surface area contributed by atoms with Crippen molar-refractivity contribution in [1.29, 1.82) is 0 Å². The maximum Gasteiger partial charge on any atom is 0.251 e. The molecule has 2 nitrogen and oxygen atoms in total. The van der Waals surface area contributed by atoms with E-state index in [4.69, 9.17) is 0 Å². The van der Waals surface area contributed by atoms with Crippen LogP contribution in [0.25, 0.3) is 0 Å². The lowest BCUT2D eigenvalue weighted by molar-refractivity contribution is -0.112. The first-order valence-corrected chi connectivity index (χ1v) is 6.88. The van der Waals surface area contributed by atoms with Gasteiger partial charge in [0.25, 0.3) is 5.91 Å². The van der Waals surface area contributed by atoms with Crippen LogP contribution < -0.4 is 5.32 Å². The average Bonchev–Trinajstić information content (AvgIpc) is 2.47. The van der Waals surface area contributed by atoms with Crippen LogP contribution in [0.5, 0.6) is 0 Å². The molecule has 1 amide bonds. The van der Waals surface area contributed by atoms with E-state index in [-0.39, 0.29) is 5.91 Å². The van der Waals surface area contributed by atoms with Crippen LogP contribution in [0.2, 0.25) is 0 Å². The van der Waals surface area contributed by atoms with Gasteiger partial charge in [0.05, 0.1) is 0 Å². The maximum atomic E-state index is 11.9. The van der Waals surface area contributed by atoms with Crippen molar-refractivity contribution in [2.24, 2.45) is 0 Å². The van der Waals surface area contributed by atoms with Gasteiger partial charge in [-0.1, -0.05) is 48.2 Å². The average molecular weight is 269 g/mol. The van der Waals surface area contributed by atoms with Crippen molar-refractivity contribution in [3.63, 3.8) is 0 Å². The van der Waals surface area contributed by atoms with Crippen LogP contribution in [-0.2, 0) is 4.79 Å². The largest absolute Gasteiger partial charge is 0.322 e. The minimum atomic E-state index is -0.0744. The molecule has 0 heterocycles. The summed E-state index contributed by atoms with van der Waals surface area (Å²) in [5, 5.41) is 4.73. The quantitative estimate of drug-likeness (QED) is 0.661. The van der Waals surface area contributed by atoms with Crippen LogP contribution in [0, 0.1) is 0 Å². The summed E-state index contributed by atoms with van der Waals surface area (Å²) in [7, 11) is 0. The van der Waals surface area contributed by atoms with Crippen LogP contribution >= 0.6 is 11.8 Å². The van der Waals surface area contributed by atoms with E-state index in [1.54, 1.807) is 11.8 Å². The Hall–Kier alpha value is -2.00. The van der Waals surface area contributed by atoms with Crippen LogP contribution in [-0.4, -0.2) is 5.91 Å². The van der Waals surface area contributed by atoms with E-state index in [2.05, 4.69) is 5.32 Å². The third kappa shape index (κ3) is 4.30. The zero-order valence-electron chi connectivity index (χ0n) is 10.7. The summed E-state index contributed by atoms with van der Waals surface area (Å²) in [6, 6.07) is 19.4. The van der Waals surface area contributed by atoms with Gasteiger partial charge >= 0.3 is 0 Å². The molecular formula is C16H15NOS. The third-order valence-electron chi connectivity index (χ3n) is 2.50. The molecule has 0 aromatic heterocycles. The van der Waals surface area contributed by atoms with Gasteiger partial charge in [0, 0.05) is 16.2 Å². The van der Waals surface area contributed by atoms with Crippen molar-refractivity contribution in [3.8, 4) is 0 Å². The summed E-state index contributed by atoms with van der Waals surface area (Å²) >= 11 is 1.54. The van der Waals surface area contributed by atoms with Gasteiger partial charge in [-0.25, -0.2) is 0 Å². The molecular weight excluding hydrogens is 254 g/mol. The number of carbonyl (C=O) groups is 1. The predicted octanol–water partition coefficient (Wildman–Crippen LogP) is 4.32. The lowest BCUT2D eigenvalue weighted by Crippen LogP contribution is -2.12. The molecule has 0 spiro atoms. The Morgan fingerprint density at radius 3 is 2.21 bits per heavy atom. The van der Waals surface area contributed by atoms with Gasteiger partial charge in [-0.3, -0.25) is 4.79 Å². The Morgan fingerprint density at radius 2 is 1.58 bits per heavy atom. The summed E-state index contributed by atoms with van der Waals surface area (Å²) in [5.41, 5.74) is 1.50. The number of carbonyl (C=O) groups excluding carboxylic acids is 1. The van der Waals surface area contributed by atoms with Gasteiger partial charge in [0.1, 0.15) is 0 Å². The fraction of sp³-hybridized carbons (Fsp3) is 0.0625. The minimum absolute atomic E-state index is 0.0744.